The number of aliphatic carboxylic acids is 1. The highest BCUT2D eigenvalue weighted by Gasteiger charge is 2.31. The molecule has 0 aromatic heterocycles. The van der Waals surface area contributed by atoms with Crippen LogP contribution >= 0.6 is 11.8 Å². The molecule has 1 atom stereocenters. The van der Waals surface area contributed by atoms with Gasteiger partial charge in [0.1, 0.15) is 0 Å². The van der Waals surface area contributed by atoms with E-state index in [2.05, 4.69) is 10.5 Å². The molecule has 7 heteroatoms. The van der Waals surface area contributed by atoms with Crippen molar-refractivity contribution in [2.45, 2.75) is 25.4 Å². The van der Waals surface area contributed by atoms with Crippen molar-refractivity contribution in [1.82, 2.24) is 5.32 Å². The van der Waals surface area contributed by atoms with Gasteiger partial charge in [-0.25, -0.2) is 4.79 Å². The summed E-state index contributed by atoms with van der Waals surface area (Å²) in [5.74, 6) is -0.364. The fraction of sp³-hybridized carbons (Fsp3) is 0.700. The van der Waals surface area contributed by atoms with Crippen molar-refractivity contribution in [3.05, 3.63) is 0 Å². The third kappa shape index (κ3) is 4.64. The zero-order valence-corrected chi connectivity index (χ0v) is 10.5. The predicted octanol–water partition coefficient (Wildman–Crippen LogP) is 0.475. The monoisotopic (exact) mass is 260 g/mol. The molecule has 0 aromatic carbocycles. The molecule has 1 aliphatic rings. The first-order chi connectivity index (χ1) is 8.15. The van der Waals surface area contributed by atoms with Gasteiger partial charge in [0.15, 0.2) is 5.71 Å². The van der Waals surface area contributed by atoms with E-state index in [4.69, 9.17) is 9.94 Å². The minimum Gasteiger partial charge on any atom is -0.477 e. The van der Waals surface area contributed by atoms with Gasteiger partial charge in [-0.1, -0.05) is 5.16 Å². The molecular weight excluding hydrogens is 244 g/mol. The number of amides is 1. The first-order valence-electron chi connectivity index (χ1n) is 5.37. The van der Waals surface area contributed by atoms with Crippen LogP contribution in [0.2, 0.25) is 0 Å². The second-order valence-corrected chi connectivity index (χ2v) is 4.62. The Morgan fingerprint density at radius 2 is 2.35 bits per heavy atom. The van der Waals surface area contributed by atoms with Crippen molar-refractivity contribution >= 4 is 29.4 Å². The van der Waals surface area contributed by atoms with Crippen LogP contribution in [0.1, 0.15) is 19.3 Å². The van der Waals surface area contributed by atoms with Crippen molar-refractivity contribution < 1.29 is 19.5 Å². The molecule has 17 heavy (non-hydrogen) atoms. The number of hydrogen-bond acceptors (Lipinski definition) is 5. The van der Waals surface area contributed by atoms with Gasteiger partial charge in [0, 0.05) is 13.0 Å². The van der Waals surface area contributed by atoms with Gasteiger partial charge in [-0.3, -0.25) is 4.79 Å². The van der Waals surface area contributed by atoms with Gasteiger partial charge in [-0.2, -0.15) is 11.8 Å². The first kappa shape index (κ1) is 13.8. The Bertz CT molecular complexity index is 319. The van der Waals surface area contributed by atoms with Crippen LogP contribution in [-0.2, 0) is 14.4 Å². The summed E-state index contributed by atoms with van der Waals surface area (Å²) in [6.45, 7) is 0.585. The van der Waals surface area contributed by atoms with E-state index in [1.54, 1.807) is 11.8 Å². The topological polar surface area (TPSA) is 88.0 Å². The molecule has 1 aliphatic heterocycles. The molecular formula is C10H16N2O4S. The maximum atomic E-state index is 11.5. The zero-order chi connectivity index (χ0) is 12.7. The number of rotatable bonds is 7. The van der Waals surface area contributed by atoms with E-state index in [1.807, 2.05) is 6.26 Å². The van der Waals surface area contributed by atoms with Gasteiger partial charge in [-0.15, -0.1) is 0 Å². The first-order valence-corrected chi connectivity index (χ1v) is 6.77. The van der Waals surface area contributed by atoms with Crippen LogP contribution in [0.3, 0.4) is 0 Å². The standard InChI is InChI=1S/C10H16N2O4S/c1-17-5-3-2-4-11-9(13)8-6-7(10(14)15)12-16-8/h8H,2-6H2,1H3,(H,11,13)(H,14,15). The quantitative estimate of drug-likeness (QED) is 0.650. The smallest absolute Gasteiger partial charge is 0.353 e. The maximum absolute atomic E-state index is 11.5. The van der Waals surface area contributed by atoms with Crippen molar-refractivity contribution in [3.8, 4) is 0 Å². The molecule has 0 bridgehead atoms. The lowest BCUT2D eigenvalue weighted by molar-refractivity contribution is -0.131. The molecule has 1 unspecified atom stereocenters. The number of unbranched alkanes of at least 4 members (excludes halogenated alkanes) is 1. The Balaban J connectivity index is 2.16. The number of nitrogens with one attached hydrogen (secondary N) is 1. The van der Waals surface area contributed by atoms with Crippen LogP contribution in [0, 0.1) is 0 Å². The Morgan fingerprint density at radius 1 is 1.59 bits per heavy atom. The largest absolute Gasteiger partial charge is 0.477 e. The van der Waals surface area contributed by atoms with E-state index < -0.39 is 12.1 Å². The second-order valence-electron chi connectivity index (χ2n) is 3.63. The Kier molecular flexibility index (Phi) is 5.82. The Hall–Kier alpha value is -1.24. The molecule has 0 radical (unpaired) electrons. The number of nitrogens with zero attached hydrogens (tertiary/aromatic N) is 1. The van der Waals surface area contributed by atoms with E-state index in [1.165, 1.54) is 0 Å². The van der Waals surface area contributed by atoms with Crippen molar-refractivity contribution in [2.75, 3.05) is 18.6 Å². The molecule has 0 fully saturated rings. The molecule has 6 nitrogen and oxygen atoms in total. The average molecular weight is 260 g/mol. The Morgan fingerprint density at radius 3 is 2.94 bits per heavy atom. The van der Waals surface area contributed by atoms with Crippen molar-refractivity contribution in [2.24, 2.45) is 5.16 Å². The normalized spacial score (nSPS) is 18.4. The van der Waals surface area contributed by atoms with Gasteiger partial charge >= 0.3 is 5.97 Å². The molecule has 0 aliphatic carbocycles. The van der Waals surface area contributed by atoms with E-state index >= 15 is 0 Å². The number of oxime groups is 1. The number of carboxylic acid groups (broad SMARTS) is 1. The lowest BCUT2D eigenvalue weighted by Crippen LogP contribution is -2.35. The average Bonchev–Trinajstić information content (AvgIpc) is 2.78. The van der Waals surface area contributed by atoms with E-state index in [0.717, 1.165) is 18.6 Å². The predicted molar refractivity (Wildman–Crippen MR) is 65.2 cm³/mol. The van der Waals surface area contributed by atoms with Crippen LogP contribution in [0.4, 0.5) is 0 Å². The number of carboxylic acids is 1. The summed E-state index contributed by atoms with van der Waals surface area (Å²) >= 11 is 1.77. The van der Waals surface area contributed by atoms with Crippen LogP contribution in [0.15, 0.2) is 5.16 Å². The van der Waals surface area contributed by atoms with E-state index in [0.29, 0.717) is 6.54 Å². The van der Waals surface area contributed by atoms with Gasteiger partial charge in [0.05, 0.1) is 0 Å². The van der Waals surface area contributed by atoms with Crippen molar-refractivity contribution in [3.63, 3.8) is 0 Å². The summed E-state index contributed by atoms with van der Waals surface area (Å²) in [6, 6.07) is 0. The summed E-state index contributed by atoms with van der Waals surface area (Å²) in [5, 5.41) is 14.7. The highest BCUT2D eigenvalue weighted by molar-refractivity contribution is 7.98. The summed E-state index contributed by atoms with van der Waals surface area (Å²) in [5.41, 5.74) is -0.104. The summed E-state index contributed by atoms with van der Waals surface area (Å²) in [4.78, 5) is 26.9. The van der Waals surface area contributed by atoms with Gasteiger partial charge in [-0.05, 0) is 24.9 Å². The van der Waals surface area contributed by atoms with E-state index in [-0.39, 0.29) is 18.0 Å². The lowest BCUT2D eigenvalue weighted by Gasteiger charge is -2.08. The van der Waals surface area contributed by atoms with Gasteiger partial charge in [0.2, 0.25) is 6.10 Å². The number of carbonyl (C=O) groups is 2. The third-order valence-electron chi connectivity index (χ3n) is 2.28. The van der Waals surface area contributed by atoms with Crippen molar-refractivity contribution in [1.29, 1.82) is 0 Å². The molecule has 0 aromatic rings. The minimum atomic E-state index is -1.14. The molecule has 0 spiro atoms. The molecule has 1 rings (SSSR count). The second kappa shape index (κ2) is 7.16. The highest BCUT2D eigenvalue weighted by atomic mass is 32.2. The number of hydrogen-bond donors (Lipinski definition) is 2. The van der Waals surface area contributed by atoms with Crippen LogP contribution in [0.5, 0.6) is 0 Å². The van der Waals surface area contributed by atoms with Gasteiger partial charge < -0.3 is 15.3 Å². The number of thioether (sulfide) groups is 1. The fourth-order valence-electron chi connectivity index (χ4n) is 1.34. The highest BCUT2D eigenvalue weighted by Crippen LogP contribution is 2.10. The minimum absolute atomic E-state index is 0.0337. The fourth-order valence-corrected chi connectivity index (χ4v) is 1.83. The Labute approximate surface area is 104 Å². The van der Waals surface area contributed by atoms with Crippen LogP contribution < -0.4 is 5.32 Å². The maximum Gasteiger partial charge on any atom is 0.353 e. The molecule has 0 saturated carbocycles. The number of carbonyl (C=O) groups excluding carboxylic acids is 1. The van der Waals surface area contributed by atoms with E-state index in [9.17, 15) is 9.59 Å². The molecule has 1 heterocycles. The lowest BCUT2D eigenvalue weighted by atomic mass is 10.1. The molecule has 0 saturated heterocycles. The summed E-state index contributed by atoms with van der Waals surface area (Å²) in [7, 11) is 0. The summed E-state index contributed by atoms with van der Waals surface area (Å²) < 4.78 is 0. The van der Waals surface area contributed by atoms with Crippen LogP contribution in [-0.4, -0.2) is 47.4 Å². The molecule has 96 valence electrons. The summed E-state index contributed by atoms with van der Waals surface area (Å²) in [6.07, 6.45) is 3.24. The van der Waals surface area contributed by atoms with Gasteiger partial charge in [0.25, 0.3) is 5.91 Å². The van der Waals surface area contributed by atoms with Crippen LogP contribution in [0.25, 0.3) is 0 Å². The SMILES string of the molecule is CSCCCCNC(=O)C1CC(C(=O)O)=NO1. The molecule has 1 amide bonds. The third-order valence-corrected chi connectivity index (χ3v) is 2.98. The molecule has 2 N–H and O–H groups in total. The zero-order valence-electron chi connectivity index (χ0n) is 9.64.